The Hall–Kier alpha value is -0.0800. The first-order valence-electron chi connectivity index (χ1n) is 7.12. The first-order chi connectivity index (χ1) is 7.65. The number of likely N-dealkylation sites (tertiary alicyclic amines) is 1. The number of hydrogen-bond acceptors (Lipinski definition) is 2. The smallest absolute Gasteiger partial charge is 0.0309 e. The van der Waals surface area contributed by atoms with Gasteiger partial charge in [-0.25, -0.2) is 0 Å². The maximum absolute atomic E-state index is 6.09. The van der Waals surface area contributed by atoms with Crippen molar-refractivity contribution < 1.29 is 0 Å². The van der Waals surface area contributed by atoms with Gasteiger partial charge >= 0.3 is 0 Å². The highest BCUT2D eigenvalue weighted by atomic mass is 15.2. The summed E-state index contributed by atoms with van der Waals surface area (Å²) in [5.41, 5.74) is 6.35. The molecule has 0 amide bonds. The molecule has 94 valence electrons. The van der Waals surface area contributed by atoms with Gasteiger partial charge in [-0.1, -0.05) is 25.7 Å². The van der Waals surface area contributed by atoms with Gasteiger partial charge in [-0.15, -0.1) is 0 Å². The zero-order chi connectivity index (χ0) is 11.6. The summed E-state index contributed by atoms with van der Waals surface area (Å²) < 4.78 is 0. The zero-order valence-corrected chi connectivity index (χ0v) is 11.0. The molecule has 0 radical (unpaired) electrons. The van der Waals surface area contributed by atoms with Crippen molar-refractivity contribution in [2.24, 2.45) is 11.7 Å². The van der Waals surface area contributed by atoms with E-state index in [1.165, 1.54) is 51.5 Å². The van der Waals surface area contributed by atoms with Crippen molar-refractivity contribution >= 4 is 0 Å². The Morgan fingerprint density at radius 2 is 1.94 bits per heavy atom. The number of nitrogens with zero attached hydrogens (tertiary/aromatic N) is 1. The molecule has 1 saturated carbocycles. The van der Waals surface area contributed by atoms with E-state index in [1.807, 2.05) is 0 Å². The molecule has 0 bridgehead atoms. The fourth-order valence-corrected chi connectivity index (χ4v) is 3.54. The fraction of sp³-hybridized carbons (Fsp3) is 1.00. The second kappa shape index (κ2) is 5.05. The van der Waals surface area contributed by atoms with E-state index in [9.17, 15) is 0 Å². The topological polar surface area (TPSA) is 29.3 Å². The van der Waals surface area contributed by atoms with Gasteiger partial charge in [-0.05, 0) is 45.6 Å². The van der Waals surface area contributed by atoms with Crippen LogP contribution in [0.1, 0.15) is 58.8 Å². The van der Waals surface area contributed by atoms with Gasteiger partial charge in [-0.2, -0.15) is 0 Å². The largest absolute Gasteiger partial charge is 0.329 e. The second-order valence-corrected chi connectivity index (χ2v) is 6.24. The average Bonchev–Trinajstić information content (AvgIpc) is 2.24. The average molecular weight is 224 g/mol. The molecule has 1 saturated heterocycles. The Labute approximate surface area is 101 Å². The quantitative estimate of drug-likeness (QED) is 0.795. The van der Waals surface area contributed by atoms with Crippen molar-refractivity contribution in [1.29, 1.82) is 0 Å². The molecule has 2 aliphatic rings. The van der Waals surface area contributed by atoms with Crippen LogP contribution < -0.4 is 5.73 Å². The van der Waals surface area contributed by atoms with Gasteiger partial charge < -0.3 is 5.73 Å². The van der Waals surface area contributed by atoms with E-state index in [-0.39, 0.29) is 5.54 Å². The van der Waals surface area contributed by atoms with Gasteiger partial charge in [0.1, 0.15) is 0 Å². The molecule has 16 heavy (non-hydrogen) atoms. The Bertz CT molecular complexity index is 225. The van der Waals surface area contributed by atoms with Crippen LogP contribution in [0, 0.1) is 5.92 Å². The minimum absolute atomic E-state index is 0.269. The molecule has 0 spiro atoms. The first-order valence-corrected chi connectivity index (χ1v) is 7.12. The Morgan fingerprint density at radius 3 is 2.44 bits per heavy atom. The SMILES string of the molecule is CC1CCCCN1C(C)(CN)CC1CCC1. The van der Waals surface area contributed by atoms with Crippen molar-refractivity contribution in [3.63, 3.8) is 0 Å². The van der Waals surface area contributed by atoms with Crippen molar-refractivity contribution in [2.75, 3.05) is 13.1 Å². The third kappa shape index (κ3) is 2.43. The molecule has 2 rings (SSSR count). The Morgan fingerprint density at radius 1 is 1.19 bits per heavy atom. The van der Waals surface area contributed by atoms with E-state index in [0.717, 1.165) is 18.5 Å². The molecule has 1 aliphatic heterocycles. The van der Waals surface area contributed by atoms with E-state index < -0.39 is 0 Å². The van der Waals surface area contributed by atoms with Crippen LogP contribution in [0.3, 0.4) is 0 Å². The molecule has 2 fully saturated rings. The first kappa shape index (κ1) is 12.4. The van der Waals surface area contributed by atoms with Crippen LogP contribution in [0.15, 0.2) is 0 Å². The summed E-state index contributed by atoms with van der Waals surface area (Å²) >= 11 is 0. The van der Waals surface area contributed by atoms with E-state index in [4.69, 9.17) is 5.73 Å². The maximum atomic E-state index is 6.09. The minimum atomic E-state index is 0.269. The standard InChI is InChI=1S/C14H28N2/c1-12-6-3-4-9-16(12)14(2,11-15)10-13-7-5-8-13/h12-13H,3-11,15H2,1-2H3. The van der Waals surface area contributed by atoms with Crippen molar-refractivity contribution in [3.05, 3.63) is 0 Å². The number of piperidine rings is 1. The normalized spacial score (nSPS) is 32.1. The van der Waals surface area contributed by atoms with Gasteiger partial charge in [0, 0.05) is 18.1 Å². The maximum Gasteiger partial charge on any atom is 0.0309 e. The lowest BCUT2D eigenvalue weighted by Gasteiger charge is -2.49. The molecule has 0 aromatic rings. The number of nitrogens with two attached hydrogens (primary N) is 1. The summed E-state index contributed by atoms with van der Waals surface area (Å²) in [6, 6.07) is 0.738. The van der Waals surface area contributed by atoms with Gasteiger partial charge in [0.05, 0.1) is 0 Å². The summed E-state index contributed by atoms with van der Waals surface area (Å²) in [5, 5.41) is 0. The van der Waals surface area contributed by atoms with E-state index >= 15 is 0 Å². The van der Waals surface area contributed by atoms with Crippen LogP contribution >= 0.6 is 0 Å². The molecule has 2 nitrogen and oxygen atoms in total. The van der Waals surface area contributed by atoms with Crippen molar-refractivity contribution in [3.8, 4) is 0 Å². The molecule has 0 aromatic carbocycles. The molecule has 2 unspecified atom stereocenters. The van der Waals surface area contributed by atoms with Crippen LogP contribution in [0.5, 0.6) is 0 Å². The van der Waals surface area contributed by atoms with Crippen molar-refractivity contribution in [1.82, 2.24) is 4.90 Å². The molecule has 2 atom stereocenters. The lowest BCUT2D eigenvalue weighted by atomic mass is 9.75. The van der Waals surface area contributed by atoms with E-state index in [2.05, 4.69) is 18.7 Å². The number of rotatable bonds is 4. The molecule has 2 heteroatoms. The summed E-state index contributed by atoms with van der Waals surface area (Å²) in [6.07, 6.45) is 9.79. The minimum Gasteiger partial charge on any atom is -0.329 e. The highest BCUT2D eigenvalue weighted by Crippen LogP contribution is 2.37. The van der Waals surface area contributed by atoms with Gasteiger partial charge in [0.25, 0.3) is 0 Å². The lowest BCUT2D eigenvalue weighted by Crippen LogP contribution is -2.57. The fourth-order valence-electron chi connectivity index (χ4n) is 3.54. The summed E-state index contributed by atoms with van der Waals surface area (Å²) in [7, 11) is 0. The monoisotopic (exact) mass is 224 g/mol. The van der Waals surface area contributed by atoms with Crippen LogP contribution in [-0.4, -0.2) is 29.6 Å². The summed E-state index contributed by atoms with van der Waals surface area (Å²) in [4.78, 5) is 2.70. The van der Waals surface area contributed by atoms with E-state index in [1.54, 1.807) is 0 Å². The van der Waals surface area contributed by atoms with E-state index in [0.29, 0.717) is 0 Å². The van der Waals surface area contributed by atoms with Crippen LogP contribution in [-0.2, 0) is 0 Å². The van der Waals surface area contributed by atoms with Crippen molar-refractivity contribution in [2.45, 2.75) is 70.4 Å². The Kier molecular flexibility index (Phi) is 3.91. The van der Waals surface area contributed by atoms with Crippen LogP contribution in [0.25, 0.3) is 0 Å². The van der Waals surface area contributed by atoms with Gasteiger partial charge in [0.2, 0.25) is 0 Å². The highest BCUT2D eigenvalue weighted by Gasteiger charge is 2.37. The molecular formula is C14H28N2. The van der Waals surface area contributed by atoms with Gasteiger partial charge in [-0.3, -0.25) is 4.90 Å². The van der Waals surface area contributed by atoms with Gasteiger partial charge in [0.15, 0.2) is 0 Å². The molecule has 1 aliphatic carbocycles. The third-order valence-corrected chi connectivity index (χ3v) is 4.89. The molecule has 1 heterocycles. The predicted octanol–water partition coefficient (Wildman–Crippen LogP) is 2.77. The molecule has 2 N–H and O–H groups in total. The summed E-state index contributed by atoms with van der Waals surface area (Å²) in [6.45, 7) is 6.87. The number of hydrogen-bond donors (Lipinski definition) is 1. The Balaban J connectivity index is 1.99. The van der Waals surface area contributed by atoms with Crippen LogP contribution in [0.4, 0.5) is 0 Å². The van der Waals surface area contributed by atoms with Crippen LogP contribution in [0.2, 0.25) is 0 Å². The molecule has 0 aromatic heterocycles. The lowest BCUT2D eigenvalue weighted by molar-refractivity contribution is 0.0155. The summed E-state index contributed by atoms with van der Waals surface area (Å²) in [5.74, 6) is 0.961. The predicted molar refractivity (Wildman–Crippen MR) is 69.4 cm³/mol. The third-order valence-electron chi connectivity index (χ3n) is 4.89. The highest BCUT2D eigenvalue weighted by molar-refractivity contribution is 4.94. The second-order valence-electron chi connectivity index (χ2n) is 6.24. The molecular weight excluding hydrogens is 196 g/mol. The zero-order valence-electron chi connectivity index (χ0n) is 11.0.